The summed E-state index contributed by atoms with van der Waals surface area (Å²) in [5.41, 5.74) is -2.45. The molecule has 0 saturated carbocycles. The minimum atomic E-state index is -6.05. The Bertz CT molecular complexity index is 1220. The van der Waals surface area contributed by atoms with Crippen LogP contribution in [0.15, 0.2) is 59.5 Å². The van der Waals surface area contributed by atoms with Crippen LogP contribution in [0.5, 0.6) is 0 Å². The van der Waals surface area contributed by atoms with Gasteiger partial charge in [0.15, 0.2) is 0 Å². The summed E-state index contributed by atoms with van der Waals surface area (Å²) < 4.78 is 111. The topological polar surface area (TPSA) is 80.5 Å². The lowest BCUT2D eigenvalue weighted by atomic mass is 9.79. The van der Waals surface area contributed by atoms with Gasteiger partial charge in [-0.15, -0.1) is 11.8 Å². The molecule has 2 aliphatic heterocycles. The van der Waals surface area contributed by atoms with E-state index in [1.807, 2.05) is 0 Å². The van der Waals surface area contributed by atoms with E-state index in [1.165, 1.54) is 18.2 Å². The molecule has 1 unspecified atom stereocenters. The average molecular weight is 631 g/mol. The van der Waals surface area contributed by atoms with Crippen molar-refractivity contribution in [2.45, 2.75) is 47.4 Å². The third-order valence-electron chi connectivity index (χ3n) is 6.90. The van der Waals surface area contributed by atoms with Crippen molar-refractivity contribution < 1.29 is 48.9 Å². The monoisotopic (exact) mass is 630 g/mol. The molecular formula is C26H26F8N2O3S2. The van der Waals surface area contributed by atoms with Crippen molar-refractivity contribution in [3.8, 4) is 0 Å². The molecule has 1 atom stereocenters. The quantitative estimate of drug-likeness (QED) is 0.349. The lowest BCUT2D eigenvalue weighted by Gasteiger charge is -2.35. The number of carbonyl (C=O) groups is 2. The van der Waals surface area contributed by atoms with Crippen molar-refractivity contribution in [1.29, 1.82) is 0 Å². The first kappa shape index (κ1) is 32.8. The number of amides is 2. The summed E-state index contributed by atoms with van der Waals surface area (Å²) in [6.45, 7) is 1.12. The first-order valence-electron chi connectivity index (χ1n) is 12.3. The van der Waals surface area contributed by atoms with Crippen molar-refractivity contribution in [3.05, 3.63) is 66.0 Å². The van der Waals surface area contributed by atoms with Gasteiger partial charge in [-0.25, -0.2) is 8.78 Å². The van der Waals surface area contributed by atoms with E-state index in [9.17, 15) is 48.9 Å². The molecule has 15 heteroatoms. The van der Waals surface area contributed by atoms with E-state index in [4.69, 9.17) is 5.73 Å². The number of alkyl halides is 7. The number of benzene rings is 2. The molecule has 0 bridgehead atoms. The van der Waals surface area contributed by atoms with Gasteiger partial charge in [-0.1, -0.05) is 30.3 Å². The molecule has 4 rings (SSSR count). The summed E-state index contributed by atoms with van der Waals surface area (Å²) in [4.78, 5) is 27.7. The number of likely N-dealkylation sites (tertiary alicyclic amines) is 1. The van der Waals surface area contributed by atoms with Gasteiger partial charge in [0, 0.05) is 51.1 Å². The highest BCUT2D eigenvalue weighted by Gasteiger charge is 2.73. The number of nitrogens with zero attached hydrogens (tertiary/aromatic N) is 1. The molecule has 0 aliphatic carbocycles. The summed E-state index contributed by atoms with van der Waals surface area (Å²) in [6, 6.07) is 10.2. The maximum Gasteiger partial charge on any atom is 0.435 e. The summed E-state index contributed by atoms with van der Waals surface area (Å²) in [5, 5.41) is 0.206. The van der Waals surface area contributed by atoms with Crippen molar-refractivity contribution >= 4 is 34.4 Å². The van der Waals surface area contributed by atoms with Crippen LogP contribution in [0.4, 0.5) is 35.1 Å². The molecule has 2 fully saturated rings. The first-order chi connectivity index (χ1) is 19.0. The molecule has 2 heterocycles. The van der Waals surface area contributed by atoms with E-state index >= 15 is 0 Å². The number of halogens is 8. The van der Waals surface area contributed by atoms with Crippen LogP contribution in [0.3, 0.4) is 0 Å². The first-order valence-corrected chi connectivity index (χ1v) is 14.6. The molecule has 0 aromatic heterocycles. The smallest absolute Gasteiger partial charge is 0.369 e. The lowest BCUT2D eigenvalue weighted by Crippen LogP contribution is -2.53. The standard InChI is InChI=1S/C17H21FN2O3S2.C9H5F7/c18-12-1-3-13(4-2-12)24-14-5-8-20(11-14)16(22)17(15(19)21)6-9-25(23)10-7-17;10-7(8(11,12)13,9(14,15)16)6-4-2-1-3-5-6/h1-4,14H,5-11H2,(H2,19,21);1-5H. The molecule has 2 N–H and O–H groups in total. The number of thioether (sulfide) groups is 1. The third-order valence-corrected chi connectivity index (χ3v) is 9.48. The second kappa shape index (κ2) is 12.7. The normalized spacial score (nSPS) is 23.5. The Kier molecular flexibility index (Phi) is 10.1. The van der Waals surface area contributed by atoms with E-state index in [0.717, 1.165) is 23.4 Å². The maximum absolute atomic E-state index is 13.3. The Labute approximate surface area is 237 Å². The van der Waals surface area contributed by atoms with E-state index < -0.39 is 45.7 Å². The van der Waals surface area contributed by atoms with E-state index in [2.05, 4.69) is 0 Å². The molecule has 2 aromatic carbocycles. The van der Waals surface area contributed by atoms with Crippen molar-refractivity contribution in [2.24, 2.45) is 11.1 Å². The van der Waals surface area contributed by atoms with Gasteiger partial charge in [0.25, 0.3) is 0 Å². The number of primary amides is 1. The van der Waals surface area contributed by atoms with Crippen LogP contribution in [-0.2, 0) is 26.1 Å². The van der Waals surface area contributed by atoms with E-state index in [1.54, 1.807) is 28.8 Å². The molecule has 2 aromatic rings. The Morgan fingerprint density at radius 1 is 0.902 bits per heavy atom. The summed E-state index contributed by atoms with van der Waals surface area (Å²) in [7, 11) is -0.970. The van der Waals surface area contributed by atoms with Gasteiger partial charge in [-0.2, -0.15) is 26.3 Å². The Hall–Kier alpha value is -2.68. The fraction of sp³-hybridized carbons (Fsp3) is 0.462. The largest absolute Gasteiger partial charge is 0.435 e. The SMILES string of the molecule is FC(F)(F)C(F)(c1ccccc1)C(F)(F)F.NC(=O)C1(C(=O)N2CCC(Sc3ccc(F)cc3)C2)CCS(=O)CC1. The van der Waals surface area contributed by atoms with Crippen LogP contribution in [-0.4, -0.2) is 63.1 Å². The molecule has 5 nitrogen and oxygen atoms in total. The zero-order chi connectivity index (χ0) is 30.6. The number of hydrogen-bond donors (Lipinski definition) is 1. The van der Waals surface area contributed by atoms with Gasteiger partial charge in [-0.05, 0) is 43.5 Å². The van der Waals surface area contributed by atoms with Crippen LogP contribution in [0.25, 0.3) is 0 Å². The number of carbonyl (C=O) groups excluding carboxylic acids is 2. The molecule has 2 aliphatic rings. The van der Waals surface area contributed by atoms with E-state index in [0.29, 0.717) is 36.7 Å². The van der Waals surface area contributed by atoms with Crippen molar-refractivity contribution in [3.63, 3.8) is 0 Å². The predicted molar refractivity (Wildman–Crippen MR) is 137 cm³/mol. The van der Waals surface area contributed by atoms with Crippen molar-refractivity contribution in [2.75, 3.05) is 24.6 Å². The highest BCUT2D eigenvalue weighted by atomic mass is 32.2. The molecule has 0 radical (unpaired) electrons. The van der Waals surface area contributed by atoms with Gasteiger partial charge in [0.2, 0.25) is 11.8 Å². The number of rotatable bonds is 5. The zero-order valence-electron chi connectivity index (χ0n) is 21.3. The van der Waals surface area contributed by atoms with Crippen LogP contribution in [0.2, 0.25) is 0 Å². The fourth-order valence-corrected chi connectivity index (χ4v) is 7.05. The third kappa shape index (κ3) is 7.22. The Balaban J connectivity index is 0.000000250. The number of hydrogen-bond acceptors (Lipinski definition) is 4. The van der Waals surface area contributed by atoms with Gasteiger partial charge in [0.1, 0.15) is 11.2 Å². The zero-order valence-corrected chi connectivity index (χ0v) is 22.9. The second-order valence-electron chi connectivity index (χ2n) is 9.55. The highest BCUT2D eigenvalue weighted by molar-refractivity contribution is 8.00. The van der Waals surface area contributed by atoms with Crippen LogP contribution >= 0.6 is 11.8 Å². The molecule has 2 amide bonds. The van der Waals surface area contributed by atoms with Gasteiger partial charge < -0.3 is 10.6 Å². The minimum absolute atomic E-state index is 0.206. The molecule has 2 saturated heterocycles. The van der Waals surface area contributed by atoms with Gasteiger partial charge in [-0.3, -0.25) is 13.8 Å². The minimum Gasteiger partial charge on any atom is -0.369 e. The summed E-state index contributed by atoms with van der Waals surface area (Å²) in [5.74, 6) is -0.416. The van der Waals surface area contributed by atoms with Crippen LogP contribution in [0, 0.1) is 11.2 Å². The summed E-state index contributed by atoms with van der Waals surface area (Å²) >= 11 is 1.61. The van der Waals surface area contributed by atoms with Gasteiger partial charge >= 0.3 is 18.0 Å². The van der Waals surface area contributed by atoms with Crippen LogP contribution in [0.1, 0.15) is 24.8 Å². The maximum atomic E-state index is 13.3. The molecular weight excluding hydrogens is 604 g/mol. The Morgan fingerprint density at radius 3 is 1.93 bits per heavy atom. The molecule has 226 valence electrons. The molecule has 41 heavy (non-hydrogen) atoms. The van der Waals surface area contributed by atoms with Gasteiger partial charge in [0.05, 0.1) is 0 Å². The highest BCUT2D eigenvalue weighted by Crippen LogP contribution is 2.53. The summed E-state index contributed by atoms with van der Waals surface area (Å²) in [6.07, 6.45) is -10.8. The average Bonchev–Trinajstić information content (AvgIpc) is 3.37. The number of nitrogens with two attached hydrogens (primary N) is 1. The molecule has 0 spiro atoms. The lowest BCUT2D eigenvalue weighted by molar-refractivity contribution is -0.348. The van der Waals surface area contributed by atoms with Crippen LogP contribution < -0.4 is 5.73 Å². The van der Waals surface area contributed by atoms with Crippen molar-refractivity contribution in [1.82, 2.24) is 4.90 Å². The second-order valence-corrected chi connectivity index (χ2v) is 12.6. The van der Waals surface area contributed by atoms with E-state index in [-0.39, 0.29) is 29.8 Å². The fourth-order valence-electron chi connectivity index (χ4n) is 4.54. The Morgan fingerprint density at radius 2 is 1.44 bits per heavy atom. The predicted octanol–water partition coefficient (Wildman–Crippen LogP) is 5.51.